The molecule has 0 bridgehead atoms. The molecule has 1 aromatic heterocycles. The van der Waals surface area contributed by atoms with E-state index in [1.54, 1.807) is 7.11 Å². The van der Waals surface area contributed by atoms with Crippen molar-refractivity contribution in [3.8, 4) is 0 Å². The van der Waals surface area contributed by atoms with E-state index < -0.39 is 0 Å². The van der Waals surface area contributed by atoms with Crippen LogP contribution in [0.2, 0.25) is 0 Å². The molecule has 2 rings (SSSR count). The molecule has 1 N–H and O–H groups in total. The second-order valence-corrected chi connectivity index (χ2v) is 4.32. The maximum Gasteiger partial charge on any atom is 0.112 e. The van der Waals surface area contributed by atoms with Gasteiger partial charge in [-0.2, -0.15) is 0 Å². The molecule has 0 saturated heterocycles. The number of hydrogen-bond donors (Lipinski definition) is 1. The lowest BCUT2D eigenvalue weighted by atomic mass is 10.2. The van der Waals surface area contributed by atoms with Crippen molar-refractivity contribution < 1.29 is 9.84 Å². The number of methoxy groups -OCH3 is 1. The number of hydrogen-bond acceptors (Lipinski definition) is 4. The molecule has 0 aromatic carbocycles. The van der Waals surface area contributed by atoms with Crippen LogP contribution in [-0.4, -0.2) is 33.8 Å². The summed E-state index contributed by atoms with van der Waals surface area (Å²) in [4.78, 5) is 0. The topological polar surface area (TPSA) is 60.2 Å². The zero-order chi connectivity index (χ0) is 11.5. The molecule has 0 aliphatic heterocycles. The summed E-state index contributed by atoms with van der Waals surface area (Å²) in [7, 11) is 1.70. The standard InChI is InChI=1S/C11H19N3O2/c1-3-9(7-16-2)14-11(8-4-5-8)10(6-15)12-13-14/h8-9,15H,3-7H2,1-2H3. The van der Waals surface area contributed by atoms with E-state index in [1.165, 1.54) is 12.8 Å². The number of rotatable bonds is 6. The summed E-state index contributed by atoms with van der Waals surface area (Å²) in [6.45, 7) is 2.74. The minimum atomic E-state index is -0.0186. The molecule has 90 valence electrons. The van der Waals surface area contributed by atoms with Gasteiger partial charge in [-0.05, 0) is 19.3 Å². The average Bonchev–Trinajstić information content (AvgIpc) is 3.06. The monoisotopic (exact) mass is 225 g/mol. The third-order valence-corrected chi connectivity index (χ3v) is 3.09. The zero-order valence-electron chi connectivity index (χ0n) is 9.89. The van der Waals surface area contributed by atoms with Gasteiger partial charge in [-0.3, -0.25) is 0 Å². The largest absolute Gasteiger partial charge is 0.390 e. The fourth-order valence-electron chi connectivity index (χ4n) is 2.05. The maximum absolute atomic E-state index is 9.25. The Hall–Kier alpha value is -0.940. The maximum atomic E-state index is 9.25. The first-order chi connectivity index (χ1) is 7.81. The van der Waals surface area contributed by atoms with Crippen molar-refractivity contribution in [1.29, 1.82) is 0 Å². The fraction of sp³-hybridized carbons (Fsp3) is 0.818. The van der Waals surface area contributed by atoms with Gasteiger partial charge in [0.2, 0.25) is 0 Å². The van der Waals surface area contributed by atoms with Gasteiger partial charge < -0.3 is 9.84 Å². The number of aliphatic hydroxyl groups is 1. The van der Waals surface area contributed by atoms with Crippen molar-refractivity contribution in [2.75, 3.05) is 13.7 Å². The van der Waals surface area contributed by atoms with Crippen LogP contribution >= 0.6 is 0 Å². The Labute approximate surface area is 95.4 Å². The van der Waals surface area contributed by atoms with Crippen LogP contribution in [-0.2, 0) is 11.3 Å². The van der Waals surface area contributed by atoms with Crippen LogP contribution in [0.1, 0.15) is 49.5 Å². The van der Waals surface area contributed by atoms with Gasteiger partial charge in [0.25, 0.3) is 0 Å². The number of aromatic nitrogens is 3. The molecule has 1 heterocycles. The van der Waals surface area contributed by atoms with Crippen molar-refractivity contribution in [2.24, 2.45) is 0 Å². The van der Waals surface area contributed by atoms with Crippen molar-refractivity contribution in [2.45, 2.75) is 44.8 Å². The molecule has 1 saturated carbocycles. The molecular weight excluding hydrogens is 206 g/mol. The SMILES string of the molecule is CCC(COC)n1nnc(CO)c1C1CC1. The average molecular weight is 225 g/mol. The van der Waals surface area contributed by atoms with Crippen molar-refractivity contribution in [3.05, 3.63) is 11.4 Å². The summed E-state index contributed by atoms with van der Waals surface area (Å²) in [5.74, 6) is 0.544. The first kappa shape index (κ1) is 11.5. The Balaban J connectivity index is 2.27. The lowest BCUT2D eigenvalue weighted by molar-refractivity contribution is 0.144. The van der Waals surface area contributed by atoms with E-state index in [4.69, 9.17) is 4.74 Å². The molecule has 5 nitrogen and oxygen atoms in total. The normalized spacial score (nSPS) is 17.7. The molecule has 1 aliphatic carbocycles. The Kier molecular flexibility index (Phi) is 3.56. The molecule has 1 unspecified atom stereocenters. The van der Waals surface area contributed by atoms with E-state index in [0.717, 1.165) is 17.8 Å². The summed E-state index contributed by atoms with van der Waals surface area (Å²) in [5, 5.41) is 17.5. The third-order valence-electron chi connectivity index (χ3n) is 3.09. The van der Waals surface area contributed by atoms with E-state index in [9.17, 15) is 5.11 Å². The fourth-order valence-corrected chi connectivity index (χ4v) is 2.05. The Bertz CT molecular complexity index is 347. The molecule has 0 amide bonds. The van der Waals surface area contributed by atoms with Gasteiger partial charge >= 0.3 is 0 Å². The summed E-state index contributed by atoms with van der Waals surface area (Å²) in [6, 6.07) is 0.230. The second kappa shape index (κ2) is 4.93. The van der Waals surface area contributed by atoms with Crippen LogP contribution in [0.5, 0.6) is 0 Å². The van der Waals surface area contributed by atoms with E-state index in [0.29, 0.717) is 12.5 Å². The van der Waals surface area contributed by atoms with Gasteiger partial charge in [0.05, 0.1) is 24.9 Å². The molecular formula is C11H19N3O2. The highest BCUT2D eigenvalue weighted by Crippen LogP contribution is 2.42. The number of aliphatic hydroxyl groups excluding tert-OH is 1. The molecule has 1 aliphatic rings. The second-order valence-electron chi connectivity index (χ2n) is 4.32. The van der Waals surface area contributed by atoms with Gasteiger partial charge in [0.1, 0.15) is 5.69 Å². The summed E-state index contributed by atoms with van der Waals surface area (Å²) >= 11 is 0. The highest BCUT2D eigenvalue weighted by atomic mass is 16.5. The smallest absolute Gasteiger partial charge is 0.112 e. The van der Waals surface area contributed by atoms with Gasteiger partial charge in [-0.1, -0.05) is 12.1 Å². The first-order valence-electron chi connectivity index (χ1n) is 5.85. The van der Waals surface area contributed by atoms with Crippen LogP contribution < -0.4 is 0 Å². The third kappa shape index (κ3) is 2.10. The van der Waals surface area contributed by atoms with Crippen LogP contribution in [0.4, 0.5) is 0 Å². The van der Waals surface area contributed by atoms with E-state index in [-0.39, 0.29) is 12.6 Å². The van der Waals surface area contributed by atoms with Crippen molar-refractivity contribution in [1.82, 2.24) is 15.0 Å². The molecule has 5 heteroatoms. The Morgan fingerprint density at radius 3 is 2.81 bits per heavy atom. The summed E-state index contributed by atoms with van der Waals surface area (Å²) in [6.07, 6.45) is 3.33. The van der Waals surface area contributed by atoms with Gasteiger partial charge in [0.15, 0.2) is 0 Å². The summed E-state index contributed by atoms with van der Waals surface area (Å²) in [5.41, 5.74) is 1.85. The molecule has 1 fully saturated rings. The first-order valence-corrected chi connectivity index (χ1v) is 5.85. The lowest BCUT2D eigenvalue weighted by Crippen LogP contribution is -2.18. The highest BCUT2D eigenvalue weighted by Gasteiger charge is 2.32. The van der Waals surface area contributed by atoms with E-state index >= 15 is 0 Å². The lowest BCUT2D eigenvalue weighted by Gasteiger charge is -2.16. The minimum Gasteiger partial charge on any atom is -0.390 e. The van der Waals surface area contributed by atoms with Gasteiger partial charge in [-0.15, -0.1) is 5.10 Å². The van der Waals surface area contributed by atoms with Gasteiger partial charge in [0, 0.05) is 13.0 Å². The Morgan fingerprint density at radius 2 is 2.31 bits per heavy atom. The van der Waals surface area contributed by atoms with Gasteiger partial charge in [-0.25, -0.2) is 4.68 Å². The zero-order valence-corrected chi connectivity index (χ0v) is 9.89. The van der Waals surface area contributed by atoms with Crippen LogP contribution in [0.15, 0.2) is 0 Å². The van der Waals surface area contributed by atoms with Crippen LogP contribution in [0, 0.1) is 0 Å². The number of ether oxygens (including phenoxy) is 1. The predicted molar refractivity (Wildman–Crippen MR) is 59.1 cm³/mol. The minimum absolute atomic E-state index is 0.0186. The molecule has 0 radical (unpaired) electrons. The molecule has 16 heavy (non-hydrogen) atoms. The summed E-state index contributed by atoms with van der Waals surface area (Å²) < 4.78 is 7.15. The van der Waals surface area contributed by atoms with Crippen LogP contribution in [0.25, 0.3) is 0 Å². The highest BCUT2D eigenvalue weighted by molar-refractivity contribution is 5.20. The van der Waals surface area contributed by atoms with E-state index in [2.05, 4.69) is 17.2 Å². The molecule has 0 spiro atoms. The molecule has 1 atom stereocenters. The molecule has 1 aromatic rings. The predicted octanol–water partition coefficient (Wildman–Crippen LogP) is 1.25. The van der Waals surface area contributed by atoms with Crippen molar-refractivity contribution >= 4 is 0 Å². The number of nitrogens with zero attached hydrogens (tertiary/aromatic N) is 3. The van der Waals surface area contributed by atoms with Crippen LogP contribution in [0.3, 0.4) is 0 Å². The van der Waals surface area contributed by atoms with Crippen molar-refractivity contribution in [3.63, 3.8) is 0 Å². The Morgan fingerprint density at radius 1 is 1.56 bits per heavy atom. The van der Waals surface area contributed by atoms with E-state index in [1.807, 2.05) is 4.68 Å². The quantitative estimate of drug-likeness (QED) is 0.791.